The first kappa shape index (κ1) is 32.4. The molecule has 43 heavy (non-hydrogen) atoms. The molecular formula is C31H34Cl3N5O4. The maximum absolute atomic E-state index is 12.9. The highest BCUT2D eigenvalue weighted by Crippen LogP contribution is 2.28. The van der Waals surface area contributed by atoms with E-state index in [1.807, 2.05) is 6.92 Å². The van der Waals surface area contributed by atoms with Crippen molar-refractivity contribution in [3.8, 4) is 0 Å². The first-order chi connectivity index (χ1) is 20.3. The highest BCUT2D eigenvalue weighted by Gasteiger charge is 2.24. The number of halogens is 3. The lowest BCUT2D eigenvalue weighted by Crippen LogP contribution is -2.50. The zero-order valence-corrected chi connectivity index (χ0v) is 26.8. The third-order valence-electron chi connectivity index (χ3n) is 6.77. The molecule has 9 nitrogen and oxygen atoms in total. The molecule has 1 N–H and O–H groups in total. The van der Waals surface area contributed by atoms with Gasteiger partial charge in [-0.1, -0.05) is 53.0 Å². The minimum absolute atomic E-state index is 0.0241. The second-order valence-corrected chi connectivity index (χ2v) is 12.4. The molecule has 0 spiro atoms. The van der Waals surface area contributed by atoms with Crippen LogP contribution in [0.1, 0.15) is 43.2 Å². The van der Waals surface area contributed by atoms with Crippen molar-refractivity contribution < 1.29 is 19.1 Å². The number of nitrogens with zero attached hydrogens (tertiary/aromatic N) is 4. The van der Waals surface area contributed by atoms with E-state index >= 15 is 0 Å². The van der Waals surface area contributed by atoms with Gasteiger partial charge in [-0.25, -0.2) is 9.48 Å². The molecule has 1 fully saturated rings. The number of amides is 3. The number of nitrogens with one attached hydrogen (secondary N) is 1. The summed E-state index contributed by atoms with van der Waals surface area (Å²) in [4.78, 5) is 41.2. The van der Waals surface area contributed by atoms with Crippen molar-refractivity contribution in [1.82, 2.24) is 19.6 Å². The van der Waals surface area contributed by atoms with Crippen LogP contribution in [-0.2, 0) is 27.3 Å². The third-order valence-corrected chi connectivity index (χ3v) is 7.88. The van der Waals surface area contributed by atoms with Crippen LogP contribution in [0.25, 0.3) is 6.08 Å². The predicted molar refractivity (Wildman–Crippen MR) is 170 cm³/mol. The highest BCUT2D eigenvalue weighted by molar-refractivity contribution is 6.36. The summed E-state index contributed by atoms with van der Waals surface area (Å²) in [5, 5.41) is 8.59. The van der Waals surface area contributed by atoms with Gasteiger partial charge in [0.05, 0.1) is 18.7 Å². The number of carbonyl (C=O) groups is 3. The average Bonchev–Trinajstić information content (AvgIpc) is 3.21. The van der Waals surface area contributed by atoms with Crippen LogP contribution in [0.4, 0.5) is 10.5 Å². The van der Waals surface area contributed by atoms with Crippen LogP contribution in [0.15, 0.2) is 48.5 Å². The number of aryl methyl sites for hydroxylation is 1. The van der Waals surface area contributed by atoms with Gasteiger partial charge in [0.2, 0.25) is 11.8 Å². The normalized spacial score (nSPS) is 13.8. The predicted octanol–water partition coefficient (Wildman–Crippen LogP) is 6.47. The second kappa shape index (κ2) is 13.8. The molecule has 0 saturated carbocycles. The van der Waals surface area contributed by atoms with E-state index in [0.717, 1.165) is 5.56 Å². The maximum atomic E-state index is 12.9. The molecule has 228 valence electrons. The Morgan fingerprint density at radius 2 is 1.56 bits per heavy atom. The molecule has 4 rings (SSSR count). The molecule has 1 aliphatic rings. The van der Waals surface area contributed by atoms with E-state index in [1.54, 1.807) is 83.8 Å². The van der Waals surface area contributed by atoms with E-state index in [9.17, 15) is 14.4 Å². The van der Waals surface area contributed by atoms with Crippen molar-refractivity contribution in [2.45, 2.75) is 46.3 Å². The Kier molecular flexibility index (Phi) is 10.4. The van der Waals surface area contributed by atoms with Gasteiger partial charge in [-0.15, -0.1) is 0 Å². The van der Waals surface area contributed by atoms with Crippen LogP contribution < -0.4 is 5.32 Å². The number of piperazine rings is 1. The van der Waals surface area contributed by atoms with Crippen molar-refractivity contribution in [3.63, 3.8) is 0 Å². The fourth-order valence-corrected chi connectivity index (χ4v) is 5.36. The van der Waals surface area contributed by atoms with Gasteiger partial charge in [-0.05, 0) is 63.6 Å². The number of aromatic nitrogens is 2. The fraction of sp³-hybridized carbons (Fsp3) is 0.355. The molecule has 1 saturated heterocycles. The Balaban J connectivity index is 1.28. The summed E-state index contributed by atoms with van der Waals surface area (Å²) in [5.74, 6) is -0.193. The first-order valence-corrected chi connectivity index (χ1v) is 14.9. The lowest BCUT2D eigenvalue weighted by atomic mass is 10.1. The van der Waals surface area contributed by atoms with Crippen LogP contribution in [0, 0.1) is 6.92 Å². The summed E-state index contributed by atoms with van der Waals surface area (Å²) < 4.78 is 6.86. The molecule has 0 atom stereocenters. The molecule has 2 aromatic carbocycles. The zero-order valence-electron chi connectivity index (χ0n) is 24.5. The molecule has 3 aromatic rings. The number of rotatable bonds is 7. The van der Waals surface area contributed by atoms with Crippen LogP contribution >= 0.6 is 34.8 Å². The van der Waals surface area contributed by atoms with Gasteiger partial charge in [-0.3, -0.25) is 14.9 Å². The number of hydrogen-bond donors (Lipinski definition) is 1. The van der Waals surface area contributed by atoms with Crippen molar-refractivity contribution in [3.05, 3.63) is 86.1 Å². The SMILES string of the molecule is Cc1nn(Cc2c(Cl)cccc2Cl)c(Cl)c1/C=C/C(=O)N1CCN(C(=O)Cc2ccc(NC(=O)OC(C)(C)C)cc2)CC1. The highest BCUT2D eigenvalue weighted by atomic mass is 35.5. The van der Waals surface area contributed by atoms with E-state index in [1.165, 1.54) is 6.08 Å². The lowest BCUT2D eigenvalue weighted by molar-refractivity contribution is -0.136. The van der Waals surface area contributed by atoms with E-state index in [2.05, 4.69) is 10.4 Å². The van der Waals surface area contributed by atoms with Gasteiger partial charge in [0.1, 0.15) is 10.8 Å². The quantitative estimate of drug-likeness (QED) is 0.297. The first-order valence-electron chi connectivity index (χ1n) is 13.8. The largest absolute Gasteiger partial charge is 0.444 e. The molecular weight excluding hydrogens is 613 g/mol. The number of benzene rings is 2. The number of ether oxygens (including phenoxy) is 1. The standard InChI is InChI=1S/C31H34Cl3N5O4/c1-20-23(29(34)39(36-20)19-24-25(32)6-5-7-26(24)33)12-13-27(40)37-14-16-38(17-15-37)28(41)18-21-8-10-22(11-9-21)35-30(42)43-31(2,3)4/h5-13H,14-19H2,1-4H3,(H,35,42)/b13-12+. The van der Waals surface area contributed by atoms with Crippen LogP contribution in [0.3, 0.4) is 0 Å². The zero-order chi connectivity index (χ0) is 31.3. The Morgan fingerprint density at radius 3 is 2.16 bits per heavy atom. The number of anilines is 1. The molecule has 0 bridgehead atoms. The monoisotopic (exact) mass is 645 g/mol. The van der Waals surface area contributed by atoms with Gasteiger partial charge in [0, 0.05) is 59.1 Å². The smallest absolute Gasteiger partial charge is 0.412 e. The molecule has 1 aliphatic heterocycles. The molecule has 12 heteroatoms. The summed E-state index contributed by atoms with van der Waals surface area (Å²) in [5.41, 5.74) is 2.83. The summed E-state index contributed by atoms with van der Waals surface area (Å²) in [6, 6.07) is 12.3. The fourth-order valence-electron chi connectivity index (χ4n) is 4.54. The van der Waals surface area contributed by atoms with E-state index in [-0.39, 0.29) is 18.2 Å². The minimum atomic E-state index is -0.591. The van der Waals surface area contributed by atoms with Crippen LogP contribution in [0.2, 0.25) is 15.2 Å². The average molecular weight is 647 g/mol. The summed E-state index contributed by atoms with van der Waals surface area (Å²) >= 11 is 19.2. The Hall–Kier alpha value is -3.53. The van der Waals surface area contributed by atoms with E-state index in [0.29, 0.717) is 70.4 Å². The second-order valence-electron chi connectivity index (χ2n) is 11.2. The maximum Gasteiger partial charge on any atom is 0.412 e. The molecule has 3 amide bonds. The molecule has 2 heterocycles. The van der Waals surface area contributed by atoms with E-state index in [4.69, 9.17) is 39.5 Å². The molecule has 0 radical (unpaired) electrons. The van der Waals surface area contributed by atoms with Gasteiger partial charge < -0.3 is 14.5 Å². The van der Waals surface area contributed by atoms with Gasteiger partial charge in [0.15, 0.2) is 0 Å². The molecule has 0 aliphatic carbocycles. The van der Waals surface area contributed by atoms with Crippen molar-refractivity contribution in [2.75, 3.05) is 31.5 Å². The third kappa shape index (κ3) is 8.75. The molecule has 1 aromatic heterocycles. The van der Waals surface area contributed by atoms with Gasteiger partial charge >= 0.3 is 6.09 Å². The van der Waals surface area contributed by atoms with Crippen LogP contribution in [-0.4, -0.2) is 69.3 Å². The summed E-state index contributed by atoms with van der Waals surface area (Å²) in [6.07, 6.45) is 2.83. The lowest BCUT2D eigenvalue weighted by Gasteiger charge is -2.34. The van der Waals surface area contributed by atoms with Crippen molar-refractivity contribution >= 4 is 64.5 Å². The van der Waals surface area contributed by atoms with Crippen molar-refractivity contribution in [1.29, 1.82) is 0 Å². The Morgan fingerprint density at radius 1 is 0.953 bits per heavy atom. The number of hydrogen-bond acceptors (Lipinski definition) is 5. The van der Waals surface area contributed by atoms with Crippen molar-refractivity contribution in [2.24, 2.45) is 0 Å². The van der Waals surface area contributed by atoms with Crippen LogP contribution in [0.5, 0.6) is 0 Å². The Labute approximate surface area is 266 Å². The summed E-state index contributed by atoms with van der Waals surface area (Å²) in [7, 11) is 0. The number of carbonyl (C=O) groups excluding carboxylic acids is 3. The molecule has 0 unspecified atom stereocenters. The minimum Gasteiger partial charge on any atom is -0.444 e. The van der Waals surface area contributed by atoms with E-state index < -0.39 is 11.7 Å². The topological polar surface area (TPSA) is 96.8 Å². The van der Waals surface area contributed by atoms with Gasteiger partial charge in [0.25, 0.3) is 0 Å². The Bertz CT molecular complexity index is 1500. The van der Waals surface area contributed by atoms with Gasteiger partial charge in [-0.2, -0.15) is 5.10 Å². The summed E-state index contributed by atoms with van der Waals surface area (Å²) in [6.45, 7) is 9.21.